The molecule has 1 aliphatic rings. The highest BCUT2D eigenvalue weighted by atomic mass is 16.5. The molecule has 3 nitrogen and oxygen atoms in total. The van der Waals surface area contributed by atoms with Gasteiger partial charge >= 0.3 is 0 Å². The van der Waals surface area contributed by atoms with E-state index in [1.54, 1.807) is 7.11 Å². The summed E-state index contributed by atoms with van der Waals surface area (Å²) >= 11 is 0. The van der Waals surface area contributed by atoms with E-state index in [1.807, 2.05) is 12.1 Å². The zero-order valence-electron chi connectivity index (χ0n) is 11.4. The Kier molecular flexibility index (Phi) is 4.61. The van der Waals surface area contributed by atoms with E-state index in [2.05, 4.69) is 24.0 Å². The summed E-state index contributed by atoms with van der Waals surface area (Å²) in [6.07, 6.45) is 2.46. The molecule has 1 saturated heterocycles. The van der Waals surface area contributed by atoms with Crippen molar-refractivity contribution in [3.63, 3.8) is 0 Å². The minimum absolute atomic E-state index is 0.341. The third-order valence-electron chi connectivity index (χ3n) is 3.94. The van der Waals surface area contributed by atoms with Gasteiger partial charge in [-0.05, 0) is 56.5 Å². The smallest absolute Gasteiger partial charge is 0.118 e. The van der Waals surface area contributed by atoms with Crippen molar-refractivity contribution in [3.8, 4) is 5.75 Å². The van der Waals surface area contributed by atoms with Crippen LogP contribution < -0.4 is 10.5 Å². The number of methoxy groups -OCH3 is 1. The number of likely N-dealkylation sites (tertiary alicyclic amines) is 1. The van der Waals surface area contributed by atoms with Gasteiger partial charge in [-0.1, -0.05) is 12.1 Å². The van der Waals surface area contributed by atoms with Crippen LogP contribution in [0.1, 0.15) is 25.3 Å². The number of nitrogens with zero attached hydrogens (tertiary/aromatic N) is 1. The van der Waals surface area contributed by atoms with Crippen LogP contribution in [-0.2, 0) is 6.54 Å². The summed E-state index contributed by atoms with van der Waals surface area (Å²) < 4.78 is 5.17. The van der Waals surface area contributed by atoms with Gasteiger partial charge in [0.1, 0.15) is 5.75 Å². The van der Waals surface area contributed by atoms with Gasteiger partial charge in [-0.15, -0.1) is 0 Å². The summed E-state index contributed by atoms with van der Waals surface area (Å²) in [6, 6.07) is 8.70. The van der Waals surface area contributed by atoms with Crippen LogP contribution in [0.2, 0.25) is 0 Å². The summed E-state index contributed by atoms with van der Waals surface area (Å²) in [4.78, 5) is 2.51. The topological polar surface area (TPSA) is 38.5 Å². The maximum absolute atomic E-state index is 5.96. The fourth-order valence-electron chi connectivity index (χ4n) is 2.63. The van der Waals surface area contributed by atoms with Gasteiger partial charge in [-0.25, -0.2) is 0 Å². The minimum Gasteiger partial charge on any atom is -0.497 e. The quantitative estimate of drug-likeness (QED) is 0.888. The molecule has 1 fully saturated rings. The number of benzene rings is 1. The van der Waals surface area contributed by atoms with Crippen LogP contribution in [0, 0.1) is 5.92 Å². The maximum atomic E-state index is 5.96. The zero-order valence-corrected chi connectivity index (χ0v) is 11.4. The summed E-state index contributed by atoms with van der Waals surface area (Å²) in [5.74, 6) is 1.63. The maximum Gasteiger partial charge on any atom is 0.118 e. The van der Waals surface area contributed by atoms with Crippen molar-refractivity contribution in [2.24, 2.45) is 11.7 Å². The van der Waals surface area contributed by atoms with Gasteiger partial charge in [0.2, 0.25) is 0 Å². The highest BCUT2D eigenvalue weighted by Gasteiger charge is 2.21. The van der Waals surface area contributed by atoms with Crippen molar-refractivity contribution in [2.45, 2.75) is 32.4 Å². The molecule has 2 rings (SSSR count). The van der Waals surface area contributed by atoms with Gasteiger partial charge in [0.25, 0.3) is 0 Å². The number of hydrogen-bond acceptors (Lipinski definition) is 3. The second-order valence-corrected chi connectivity index (χ2v) is 5.32. The number of ether oxygens (including phenoxy) is 1. The molecule has 1 heterocycles. The first-order valence-electron chi connectivity index (χ1n) is 6.80. The monoisotopic (exact) mass is 248 g/mol. The molecule has 1 aromatic rings. The first kappa shape index (κ1) is 13.4. The lowest BCUT2D eigenvalue weighted by Gasteiger charge is -2.33. The van der Waals surface area contributed by atoms with E-state index in [-0.39, 0.29) is 0 Å². The molecule has 3 heteroatoms. The van der Waals surface area contributed by atoms with Crippen molar-refractivity contribution < 1.29 is 4.74 Å². The molecular formula is C15H24N2O. The normalized spacial score (nSPS) is 19.7. The summed E-state index contributed by atoms with van der Waals surface area (Å²) in [6.45, 7) is 5.50. The van der Waals surface area contributed by atoms with E-state index in [1.165, 1.54) is 18.4 Å². The van der Waals surface area contributed by atoms with Gasteiger partial charge in [-0.3, -0.25) is 4.90 Å². The highest BCUT2D eigenvalue weighted by Crippen LogP contribution is 2.21. The van der Waals surface area contributed by atoms with Crippen LogP contribution in [-0.4, -0.2) is 31.1 Å². The predicted molar refractivity (Wildman–Crippen MR) is 74.6 cm³/mol. The number of nitrogens with two attached hydrogens (primary N) is 1. The molecule has 0 spiro atoms. The second-order valence-electron chi connectivity index (χ2n) is 5.32. The number of hydrogen-bond donors (Lipinski definition) is 1. The molecule has 0 bridgehead atoms. The molecule has 1 aliphatic heterocycles. The first-order chi connectivity index (χ1) is 8.69. The summed E-state index contributed by atoms with van der Waals surface area (Å²) in [7, 11) is 1.70. The lowest BCUT2D eigenvalue weighted by molar-refractivity contribution is 0.165. The average Bonchev–Trinajstić information content (AvgIpc) is 2.40. The molecule has 0 amide bonds. The third-order valence-corrected chi connectivity index (χ3v) is 3.94. The average molecular weight is 248 g/mol. The molecule has 0 saturated carbocycles. The zero-order chi connectivity index (χ0) is 13.0. The Balaban J connectivity index is 1.83. The lowest BCUT2D eigenvalue weighted by atomic mass is 9.91. The standard InChI is InChI=1S/C15H24N2O/c1-12(16)14-7-9-17(10-8-14)11-13-3-5-15(18-2)6-4-13/h3-6,12,14H,7-11,16H2,1-2H3. The van der Waals surface area contributed by atoms with E-state index in [9.17, 15) is 0 Å². The third kappa shape index (κ3) is 3.47. The first-order valence-corrected chi connectivity index (χ1v) is 6.80. The fraction of sp³-hybridized carbons (Fsp3) is 0.600. The Morgan fingerprint density at radius 3 is 2.39 bits per heavy atom. The predicted octanol–water partition coefficient (Wildman–Crippen LogP) is 2.25. The lowest BCUT2D eigenvalue weighted by Crippen LogP contribution is -2.39. The molecule has 1 aromatic carbocycles. The van der Waals surface area contributed by atoms with Crippen molar-refractivity contribution >= 4 is 0 Å². The van der Waals surface area contributed by atoms with Gasteiger partial charge < -0.3 is 10.5 Å². The van der Waals surface area contributed by atoms with E-state index in [0.29, 0.717) is 12.0 Å². The van der Waals surface area contributed by atoms with Gasteiger partial charge in [0.15, 0.2) is 0 Å². The van der Waals surface area contributed by atoms with Crippen LogP contribution >= 0.6 is 0 Å². The Hall–Kier alpha value is -1.06. The minimum atomic E-state index is 0.341. The van der Waals surface area contributed by atoms with Gasteiger partial charge in [-0.2, -0.15) is 0 Å². The molecule has 0 aliphatic carbocycles. The van der Waals surface area contributed by atoms with Crippen LogP contribution in [0.4, 0.5) is 0 Å². The van der Waals surface area contributed by atoms with E-state index >= 15 is 0 Å². The number of piperidine rings is 1. The van der Waals surface area contributed by atoms with Crippen LogP contribution in [0.3, 0.4) is 0 Å². The molecular weight excluding hydrogens is 224 g/mol. The Morgan fingerprint density at radius 2 is 1.89 bits per heavy atom. The SMILES string of the molecule is COc1ccc(CN2CCC(C(C)N)CC2)cc1. The Morgan fingerprint density at radius 1 is 1.28 bits per heavy atom. The molecule has 1 atom stereocenters. The molecule has 0 radical (unpaired) electrons. The van der Waals surface area contributed by atoms with E-state index in [0.717, 1.165) is 25.4 Å². The number of rotatable bonds is 4. The van der Waals surface area contributed by atoms with E-state index < -0.39 is 0 Å². The van der Waals surface area contributed by atoms with Crippen molar-refractivity contribution in [2.75, 3.05) is 20.2 Å². The summed E-state index contributed by atoms with van der Waals surface area (Å²) in [5.41, 5.74) is 7.32. The van der Waals surface area contributed by atoms with Crippen molar-refractivity contribution in [1.82, 2.24) is 4.90 Å². The molecule has 0 aromatic heterocycles. The molecule has 1 unspecified atom stereocenters. The molecule has 18 heavy (non-hydrogen) atoms. The summed E-state index contributed by atoms with van der Waals surface area (Å²) in [5, 5.41) is 0. The van der Waals surface area contributed by atoms with Gasteiger partial charge in [0.05, 0.1) is 7.11 Å². The van der Waals surface area contributed by atoms with Crippen LogP contribution in [0.5, 0.6) is 5.75 Å². The largest absolute Gasteiger partial charge is 0.497 e. The molecule has 2 N–H and O–H groups in total. The van der Waals surface area contributed by atoms with Crippen molar-refractivity contribution in [3.05, 3.63) is 29.8 Å². The fourth-order valence-corrected chi connectivity index (χ4v) is 2.63. The van der Waals surface area contributed by atoms with Gasteiger partial charge in [0, 0.05) is 12.6 Å². The molecule has 100 valence electrons. The Bertz CT molecular complexity index is 353. The Labute approximate surface area is 110 Å². The van der Waals surface area contributed by atoms with Crippen LogP contribution in [0.15, 0.2) is 24.3 Å². The van der Waals surface area contributed by atoms with Crippen LogP contribution in [0.25, 0.3) is 0 Å². The van der Waals surface area contributed by atoms with Crippen molar-refractivity contribution in [1.29, 1.82) is 0 Å². The second kappa shape index (κ2) is 6.21. The van der Waals surface area contributed by atoms with E-state index in [4.69, 9.17) is 10.5 Å². The highest BCUT2D eigenvalue weighted by molar-refractivity contribution is 5.27.